The number of imidazole rings is 1. The van der Waals surface area contributed by atoms with Gasteiger partial charge >= 0.3 is 0 Å². The van der Waals surface area contributed by atoms with Crippen molar-refractivity contribution < 1.29 is 0 Å². The van der Waals surface area contributed by atoms with Crippen LogP contribution in [0.2, 0.25) is 0 Å². The maximum absolute atomic E-state index is 8.45. The van der Waals surface area contributed by atoms with Gasteiger partial charge in [-0.1, -0.05) is 0 Å². The maximum atomic E-state index is 8.45. The molecule has 0 aromatic carbocycles. The molecule has 0 atom stereocenters. The summed E-state index contributed by atoms with van der Waals surface area (Å²) >= 11 is 0. The minimum atomic E-state index is 0.410. The van der Waals surface area contributed by atoms with E-state index in [2.05, 4.69) is 11.1 Å². The van der Waals surface area contributed by atoms with Crippen LogP contribution in [0.25, 0.3) is 0 Å². The molecule has 0 radical (unpaired) electrons. The van der Waals surface area contributed by atoms with Crippen molar-refractivity contribution in [2.45, 2.75) is 20.3 Å². The van der Waals surface area contributed by atoms with E-state index >= 15 is 0 Å². The first kappa shape index (κ1) is 7.80. The molecule has 0 aliphatic heterocycles. The lowest BCUT2D eigenvalue weighted by molar-refractivity contribution is 0.826. The molecule has 0 saturated carbocycles. The Morgan fingerprint density at radius 1 is 1.55 bits per heavy atom. The Balaban J connectivity index is 3.10. The Labute approximate surface area is 66.3 Å². The number of aromatic nitrogens is 2. The lowest BCUT2D eigenvalue weighted by Gasteiger charge is -1.95. The molecule has 0 N–H and O–H groups in total. The minimum absolute atomic E-state index is 0.410. The quantitative estimate of drug-likeness (QED) is 0.600. The van der Waals surface area contributed by atoms with Crippen LogP contribution < -0.4 is 0 Å². The van der Waals surface area contributed by atoms with Gasteiger partial charge < -0.3 is 4.57 Å². The molecule has 0 aliphatic rings. The summed E-state index contributed by atoms with van der Waals surface area (Å²) in [6, 6.07) is 2.09. The second-order valence-corrected chi connectivity index (χ2v) is 2.59. The Morgan fingerprint density at radius 2 is 2.18 bits per heavy atom. The number of nitriles is 1. The average Bonchev–Trinajstić information content (AvgIpc) is 2.19. The minimum Gasteiger partial charge on any atom is -0.335 e. The molecule has 0 fully saturated rings. The van der Waals surface area contributed by atoms with Gasteiger partial charge in [0.1, 0.15) is 5.82 Å². The van der Waals surface area contributed by atoms with Gasteiger partial charge in [-0.3, -0.25) is 0 Å². The SMILES string of the molecule is Cc1nc(CC#N)c(C)n1C. The van der Waals surface area contributed by atoms with Crippen LogP contribution in [0.1, 0.15) is 17.2 Å². The zero-order valence-corrected chi connectivity index (χ0v) is 7.05. The molecule has 0 spiro atoms. The van der Waals surface area contributed by atoms with Crippen LogP contribution in [0.3, 0.4) is 0 Å². The van der Waals surface area contributed by atoms with Crippen LogP contribution in [-0.4, -0.2) is 9.55 Å². The molecule has 1 heterocycles. The highest BCUT2D eigenvalue weighted by molar-refractivity contribution is 5.17. The molecule has 0 bridgehead atoms. The highest BCUT2D eigenvalue weighted by Crippen LogP contribution is 2.07. The van der Waals surface area contributed by atoms with Crippen molar-refractivity contribution >= 4 is 0 Å². The maximum Gasteiger partial charge on any atom is 0.105 e. The van der Waals surface area contributed by atoms with Crippen molar-refractivity contribution in [2.24, 2.45) is 7.05 Å². The second-order valence-electron chi connectivity index (χ2n) is 2.59. The molecule has 0 saturated heterocycles. The molecule has 11 heavy (non-hydrogen) atoms. The van der Waals surface area contributed by atoms with E-state index in [-0.39, 0.29) is 0 Å². The van der Waals surface area contributed by atoms with Crippen molar-refractivity contribution in [1.29, 1.82) is 5.26 Å². The Morgan fingerprint density at radius 3 is 2.55 bits per heavy atom. The first-order valence-corrected chi connectivity index (χ1v) is 3.52. The van der Waals surface area contributed by atoms with Crippen LogP contribution in [0, 0.1) is 25.2 Å². The van der Waals surface area contributed by atoms with Crippen molar-refractivity contribution in [3.8, 4) is 6.07 Å². The largest absolute Gasteiger partial charge is 0.335 e. The third kappa shape index (κ3) is 1.25. The molecule has 1 rings (SSSR count). The monoisotopic (exact) mass is 149 g/mol. The third-order valence-corrected chi connectivity index (χ3v) is 1.95. The Hall–Kier alpha value is -1.30. The summed E-state index contributed by atoms with van der Waals surface area (Å²) in [5, 5.41) is 8.45. The van der Waals surface area contributed by atoms with Crippen LogP contribution >= 0.6 is 0 Å². The Bertz CT molecular complexity index is 304. The smallest absolute Gasteiger partial charge is 0.105 e. The molecule has 3 heteroatoms. The van der Waals surface area contributed by atoms with E-state index in [0.717, 1.165) is 17.2 Å². The zero-order chi connectivity index (χ0) is 8.43. The highest BCUT2D eigenvalue weighted by atomic mass is 15.1. The van der Waals surface area contributed by atoms with Gasteiger partial charge in [-0.25, -0.2) is 4.98 Å². The van der Waals surface area contributed by atoms with Gasteiger partial charge in [0.25, 0.3) is 0 Å². The predicted octanol–water partition coefficient (Wildman–Crippen LogP) is 1.10. The second kappa shape index (κ2) is 2.75. The van der Waals surface area contributed by atoms with E-state index in [4.69, 9.17) is 5.26 Å². The fourth-order valence-electron chi connectivity index (χ4n) is 1.03. The summed E-state index contributed by atoms with van der Waals surface area (Å²) in [5.74, 6) is 0.966. The average molecular weight is 149 g/mol. The van der Waals surface area contributed by atoms with Gasteiger partial charge in [-0.05, 0) is 13.8 Å². The molecular formula is C8H11N3. The lowest BCUT2D eigenvalue weighted by Crippen LogP contribution is -1.93. The Kier molecular flexibility index (Phi) is 1.95. The summed E-state index contributed by atoms with van der Waals surface area (Å²) in [4.78, 5) is 4.24. The zero-order valence-electron chi connectivity index (χ0n) is 7.05. The van der Waals surface area contributed by atoms with Crippen LogP contribution in [0.15, 0.2) is 0 Å². The summed E-state index contributed by atoms with van der Waals surface area (Å²) in [6.07, 6.45) is 0.410. The predicted molar refractivity (Wildman–Crippen MR) is 42.0 cm³/mol. The van der Waals surface area contributed by atoms with Gasteiger partial charge in [-0.2, -0.15) is 5.26 Å². The fraction of sp³-hybridized carbons (Fsp3) is 0.500. The van der Waals surface area contributed by atoms with Gasteiger partial charge in [0.15, 0.2) is 0 Å². The molecule has 1 aromatic rings. The molecular weight excluding hydrogens is 138 g/mol. The van der Waals surface area contributed by atoms with E-state index in [1.54, 1.807) is 0 Å². The first-order chi connectivity index (χ1) is 5.16. The van der Waals surface area contributed by atoms with Crippen molar-refractivity contribution in [1.82, 2.24) is 9.55 Å². The normalized spacial score (nSPS) is 9.64. The third-order valence-electron chi connectivity index (χ3n) is 1.95. The van der Waals surface area contributed by atoms with Crippen LogP contribution in [0.4, 0.5) is 0 Å². The molecule has 0 amide bonds. The van der Waals surface area contributed by atoms with Crippen molar-refractivity contribution in [3.63, 3.8) is 0 Å². The van der Waals surface area contributed by atoms with E-state index in [0.29, 0.717) is 6.42 Å². The standard InChI is InChI=1S/C8H11N3/c1-6-8(4-5-9)10-7(2)11(6)3/h4H2,1-3H3. The molecule has 58 valence electrons. The van der Waals surface area contributed by atoms with Gasteiger partial charge in [0, 0.05) is 12.7 Å². The van der Waals surface area contributed by atoms with Gasteiger partial charge in [0.05, 0.1) is 18.2 Å². The van der Waals surface area contributed by atoms with E-state index in [1.807, 2.05) is 25.5 Å². The number of aryl methyl sites for hydroxylation is 1. The van der Waals surface area contributed by atoms with Crippen molar-refractivity contribution in [3.05, 3.63) is 17.2 Å². The van der Waals surface area contributed by atoms with Crippen LogP contribution in [-0.2, 0) is 13.5 Å². The van der Waals surface area contributed by atoms with E-state index in [1.165, 1.54) is 0 Å². The molecule has 0 unspecified atom stereocenters. The van der Waals surface area contributed by atoms with Crippen LogP contribution in [0.5, 0.6) is 0 Å². The number of hydrogen-bond donors (Lipinski definition) is 0. The topological polar surface area (TPSA) is 41.6 Å². The summed E-state index contributed by atoms with van der Waals surface area (Å²) in [6.45, 7) is 3.92. The lowest BCUT2D eigenvalue weighted by atomic mass is 10.3. The first-order valence-electron chi connectivity index (χ1n) is 3.52. The molecule has 1 aromatic heterocycles. The highest BCUT2D eigenvalue weighted by Gasteiger charge is 2.05. The number of rotatable bonds is 1. The van der Waals surface area contributed by atoms with E-state index in [9.17, 15) is 0 Å². The van der Waals surface area contributed by atoms with Gasteiger partial charge in [0.2, 0.25) is 0 Å². The number of nitrogens with zero attached hydrogens (tertiary/aromatic N) is 3. The van der Waals surface area contributed by atoms with Crippen molar-refractivity contribution in [2.75, 3.05) is 0 Å². The summed E-state index contributed by atoms with van der Waals surface area (Å²) in [7, 11) is 1.96. The number of hydrogen-bond acceptors (Lipinski definition) is 2. The van der Waals surface area contributed by atoms with Gasteiger partial charge in [-0.15, -0.1) is 0 Å². The summed E-state index contributed by atoms with van der Waals surface area (Å²) < 4.78 is 1.99. The molecule has 0 aliphatic carbocycles. The molecule has 3 nitrogen and oxygen atoms in total. The summed E-state index contributed by atoms with van der Waals surface area (Å²) in [5.41, 5.74) is 1.98. The van der Waals surface area contributed by atoms with E-state index < -0.39 is 0 Å². The fourth-order valence-corrected chi connectivity index (χ4v) is 1.03.